The van der Waals surface area contributed by atoms with Crippen LogP contribution in [0.4, 0.5) is 0 Å². The van der Waals surface area contributed by atoms with Crippen LogP contribution in [0.15, 0.2) is 29.8 Å². The van der Waals surface area contributed by atoms with Crippen LogP contribution in [0.1, 0.15) is 31.4 Å². The van der Waals surface area contributed by atoms with E-state index in [9.17, 15) is 4.79 Å². The number of nitrogens with two attached hydrogens (primary N) is 1. The molecule has 0 heterocycles. The highest BCUT2D eigenvalue weighted by atomic mass is 16.5. The lowest BCUT2D eigenvalue weighted by atomic mass is 10.0. The molecular weight excluding hydrogens is 242 g/mol. The summed E-state index contributed by atoms with van der Waals surface area (Å²) in [4.78, 5) is 11.0. The molecular formula is C15H23NO3. The highest BCUT2D eigenvalue weighted by Gasteiger charge is 2.02. The monoisotopic (exact) mass is 265 g/mol. The normalized spacial score (nSPS) is 9.11. The Labute approximate surface area is 114 Å². The Morgan fingerprint density at radius 1 is 1.21 bits per heavy atom. The molecule has 0 fully saturated rings. The minimum absolute atomic E-state index is 0.183. The zero-order valence-electron chi connectivity index (χ0n) is 12.1. The summed E-state index contributed by atoms with van der Waals surface area (Å²) in [5.74, 6) is -0.183. The van der Waals surface area contributed by atoms with Crippen LogP contribution < -0.4 is 5.73 Å². The molecule has 0 radical (unpaired) electrons. The van der Waals surface area contributed by atoms with Gasteiger partial charge in [0.05, 0.1) is 7.11 Å². The fourth-order valence-electron chi connectivity index (χ4n) is 1.49. The number of hydrogen-bond acceptors (Lipinski definition) is 4. The van der Waals surface area contributed by atoms with Crippen molar-refractivity contribution in [2.45, 2.75) is 26.7 Å². The minimum Gasteiger partial charge on any atom is -0.469 e. The van der Waals surface area contributed by atoms with Gasteiger partial charge in [0.25, 0.3) is 0 Å². The summed E-state index contributed by atoms with van der Waals surface area (Å²) < 4.78 is 4.60. The Morgan fingerprint density at radius 3 is 2.16 bits per heavy atom. The van der Waals surface area contributed by atoms with Crippen LogP contribution >= 0.6 is 0 Å². The van der Waals surface area contributed by atoms with Crippen molar-refractivity contribution in [3.63, 3.8) is 0 Å². The third-order valence-electron chi connectivity index (χ3n) is 2.65. The fraction of sp³-hybridized carbons (Fsp3) is 0.400. The van der Waals surface area contributed by atoms with E-state index in [1.807, 2.05) is 38.1 Å². The lowest BCUT2D eigenvalue weighted by molar-refractivity contribution is -0.140. The van der Waals surface area contributed by atoms with Gasteiger partial charge in [0, 0.05) is 19.2 Å². The van der Waals surface area contributed by atoms with Gasteiger partial charge in [0.15, 0.2) is 0 Å². The Balaban J connectivity index is 0.00000154. The van der Waals surface area contributed by atoms with Gasteiger partial charge in [0.1, 0.15) is 0 Å². The molecule has 1 rings (SSSR count). The van der Waals surface area contributed by atoms with Crippen LogP contribution in [0.2, 0.25) is 0 Å². The van der Waals surface area contributed by atoms with Crippen molar-refractivity contribution in [2.75, 3.05) is 14.2 Å². The number of allylic oxidation sites excluding steroid dienone is 1. The van der Waals surface area contributed by atoms with Gasteiger partial charge in [-0.1, -0.05) is 29.8 Å². The number of aryl methyl sites for hydroxylation is 1. The standard InChI is InChI=1S/C14H19NO2.CH4O/c1-10(2)14(15)12-7-4-11(5-8-12)6-9-13(16)17-3;1-2/h4-5,7-8H,6,9,15H2,1-3H3;2H,1H3. The molecule has 0 saturated carbocycles. The molecule has 0 saturated heterocycles. The Bertz CT molecular complexity index is 418. The SMILES string of the molecule is CO.COC(=O)CCc1ccc(C(N)=C(C)C)cc1. The van der Waals surface area contributed by atoms with E-state index in [2.05, 4.69) is 4.74 Å². The molecule has 0 bridgehead atoms. The number of benzene rings is 1. The van der Waals surface area contributed by atoms with Gasteiger partial charge in [-0.3, -0.25) is 4.79 Å². The van der Waals surface area contributed by atoms with Crippen LogP contribution in [-0.2, 0) is 16.0 Å². The number of aliphatic hydroxyl groups is 1. The molecule has 1 aromatic carbocycles. The van der Waals surface area contributed by atoms with Crippen molar-refractivity contribution in [3.8, 4) is 0 Å². The average Bonchev–Trinajstić information content (AvgIpc) is 2.46. The van der Waals surface area contributed by atoms with Crippen molar-refractivity contribution in [1.82, 2.24) is 0 Å². The van der Waals surface area contributed by atoms with Gasteiger partial charge >= 0.3 is 5.97 Å². The molecule has 0 atom stereocenters. The topological polar surface area (TPSA) is 72.5 Å². The Kier molecular flexibility index (Phi) is 8.29. The van der Waals surface area contributed by atoms with Crippen LogP contribution in [0, 0.1) is 0 Å². The number of hydrogen-bond donors (Lipinski definition) is 2. The first-order valence-corrected chi connectivity index (χ1v) is 6.08. The molecule has 0 unspecified atom stereocenters. The van der Waals surface area contributed by atoms with Crippen molar-refractivity contribution in [2.24, 2.45) is 5.73 Å². The maximum absolute atomic E-state index is 11.0. The largest absolute Gasteiger partial charge is 0.469 e. The summed E-state index contributed by atoms with van der Waals surface area (Å²) in [5.41, 5.74) is 9.98. The molecule has 3 N–H and O–H groups in total. The van der Waals surface area contributed by atoms with Gasteiger partial charge in [-0.05, 0) is 31.4 Å². The third kappa shape index (κ3) is 6.06. The molecule has 0 spiro atoms. The van der Waals surface area contributed by atoms with Crippen LogP contribution in [0.3, 0.4) is 0 Å². The number of methoxy groups -OCH3 is 1. The van der Waals surface area contributed by atoms with Crippen molar-refractivity contribution >= 4 is 11.7 Å². The van der Waals surface area contributed by atoms with Crippen LogP contribution in [0.25, 0.3) is 5.70 Å². The van der Waals surface area contributed by atoms with Crippen molar-refractivity contribution in [3.05, 3.63) is 41.0 Å². The van der Waals surface area contributed by atoms with Gasteiger partial charge < -0.3 is 15.6 Å². The zero-order chi connectivity index (χ0) is 14.8. The number of ether oxygens (including phenoxy) is 1. The maximum Gasteiger partial charge on any atom is 0.305 e. The second-order valence-electron chi connectivity index (χ2n) is 4.19. The third-order valence-corrected chi connectivity index (χ3v) is 2.65. The summed E-state index contributed by atoms with van der Waals surface area (Å²) in [5, 5.41) is 7.00. The second kappa shape index (κ2) is 9.16. The summed E-state index contributed by atoms with van der Waals surface area (Å²) in [6.07, 6.45) is 1.11. The molecule has 0 aromatic heterocycles. The van der Waals surface area contributed by atoms with Gasteiger partial charge in [0.2, 0.25) is 0 Å². The molecule has 19 heavy (non-hydrogen) atoms. The van der Waals surface area contributed by atoms with E-state index in [1.54, 1.807) is 0 Å². The van der Waals surface area contributed by atoms with Crippen LogP contribution in [-0.4, -0.2) is 25.3 Å². The molecule has 0 aliphatic heterocycles. The first-order chi connectivity index (χ1) is 9.04. The number of aliphatic hydroxyl groups excluding tert-OH is 1. The van der Waals surface area contributed by atoms with E-state index in [4.69, 9.17) is 10.8 Å². The van der Waals surface area contributed by atoms with Gasteiger partial charge in [-0.2, -0.15) is 0 Å². The number of carbonyl (C=O) groups excluding carboxylic acids is 1. The number of esters is 1. The molecule has 106 valence electrons. The quantitative estimate of drug-likeness (QED) is 0.818. The highest BCUT2D eigenvalue weighted by Crippen LogP contribution is 2.14. The van der Waals surface area contributed by atoms with Crippen molar-refractivity contribution < 1.29 is 14.6 Å². The predicted molar refractivity (Wildman–Crippen MR) is 77.4 cm³/mol. The zero-order valence-corrected chi connectivity index (χ0v) is 12.1. The summed E-state index contributed by atoms with van der Waals surface area (Å²) >= 11 is 0. The van der Waals surface area contributed by atoms with E-state index < -0.39 is 0 Å². The first-order valence-electron chi connectivity index (χ1n) is 6.08. The van der Waals surface area contributed by atoms with E-state index in [0.29, 0.717) is 12.8 Å². The van der Waals surface area contributed by atoms with Crippen LogP contribution in [0.5, 0.6) is 0 Å². The number of rotatable bonds is 4. The predicted octanol–water partition coefficient (Wildman–Crippen LogP) is 2.11. The van der Waals surface area contributed by atoms with Gasteiger partial charge in [-0.15, -0.1) is 0 Å². The minimum atomic E-state index is -0.183. The molecule has 0 aliphatic carbocycles. The molecule has 0 aliphatic rings. The summed E-state index contributed by atoms with van der Waals surface area (Å²) in [7, 11) is 2.40. The Morgan fingerprint density at radius 2 is 1.74 bits per heavy atom. The van der Waals surface area contributed by atoms with E-state index >= 15 is 0 Å². The average molecular weight is 265 g/mol. The summed E-state index contributed by atoms with van der Waals surface area (Å²) in [6, 6.07) is 7.95. The highest BCUT2D eigenvalue weighted by molar-refractivity contribution is 5.69. The molecule has 4 nitrogen and oxygen atoms in total. The number of carbonyl (C=O) groups is 1. The van der Waals surface area contributed by atoms with E-state index in [-0.39, 0.29) is 5.97 Å². The smallest absolute Gasteiger partial charge is 0.305 e. The second-order valence-corrected chi connectivity index (χ2v) is 4.19. The molecule has 0 amide bonds. The van der Waals surface area contributed by atoms with E-state index in [0.717, 1.165) is 29.5 Å². The maximum atomic E-state index is 11.0. The summed E-state index contributed by atoms with van der Waals surface area (Å²) in [6.45, 7) is 3.97. The Hall–Kier alpha value is -1.81. The van der Waals surface area contributed by atoms with Gasteiger partial charge in [-0.25, -0.2) is 0 Å². The first kappa shape index (κ1) is 17.2. The lowest BCUT2D eigenvalue weighted by Gasteiger charge is -2.06. The molecule has 4 heteroatoms. The fourth-order valence-corrected chi connectivity index (χ4v) is 1.49. The van der Waals surface area contributed by atoms with Crippen molar-refractivity contribution in [1.29, 1.82) is 0 Å². The van der Waals surface area contributed by atoms with E-state index in [1.165, 1.54) is 7.11 Å². The lowest BCUT2D eigenvalue weighted by Crippen LogP contribution is -2.02. The molecule has 1 aromatic rings.